The van der Waals surface area contributed by atoms with Crippen LogP contribution in [0.1, 0.15) is 20.8 Å². The molecule has 16 heavy (non-hydrogen) atoms. The molecule has 0 aromatic heterocycles. The third-order valence-corrected chi connectivity index (χ3v) is 3.38. The van der Waals surface area contributed by atoms with Crippen molar-refractivity contribution in [2.45, 2.75) is 26.0 Å². The highest BCUT2D eigenvalue weighted by Gasteiger charge is 2.10. The topological polar surface area (TPSA) is 58.6 Å². The van der Waals surface area contributed by atoms with Crippen molar-refractivity contribution in [3.63, 3.8) is 0 Å². The molecule has 0 aliphatic rings. The molecule has 0 saturated heterocycles. The molecule has 5 heteroatoms. The number of hydrogen-bond acceptors (Lipinski definition) is 4. The predicted octanol–water partition coefficient (Wildman–Crippen LogP) is 1.28. The van der Waals surface area contributed by atoms with Crippen LogP contribution in [-0.2, 0) is 25.4 Å². The number of carbonyl (C=O) groups excluding carboxylic acids is 1. The fraction of sp³-hybridized carbons (Fsp3) is 0.727. The van der Waals surface area contributed by atoms with Gasteiger partial charge in [-0.1, -0.05) is 6.58 Å². The van der Waals surface area contributed by atoms with Crippen LogP contribution in [0.5, 0.6) is 0 Å². The molecule has 4 nitrogen and oxygen atoms in total. The summed E-state index contributed by atoms with van der Waals surface area (Å²) in [7, 11) is 0. The van der Waals surface area contributed by atoms with Gasteiger partial charge in [0.25, 0.3) is 0 Å². The van der Waals surface area contributed by atoms with Gasteiger partial charge in [-0.15, -0.1) is 0 Å². The zero-order valence-corrected chi connectivity index (χ0v) is 11.0. The van der Waals surface area contributed by atoms with Gasteiger partial charge in [-0.25, -0.2) is 4.79 Å². The van der Waals surface area contributed by atoms with E-state index in [-0.39, 0.29) is 11.9 Å². The SMILES string of the molecule is C=C(C)C(=O)OCCOCC[S+]([O-])C(C)C. The van der Waals surface area contributed by atoms with E-state index in [0.29, 0.717) is 24.5 Å². The Morgan fingerprint density at radius 2 is 2.00 bits per heavy atom. The Morgan fingerprint density at radius 1 is 1.38 bits per heavy atom. The van der Waals surface area contributed by atoms with Crippen LogP contribution in [0, 0.1) is 0 Å². The smallest absolute Gasteiger partial charge is 0.333 e. The first-order valence-corrected chi connectivity index (χ1v) is 6.61. The van der Waals surface area contributed by atoms with E-state index in [1.165, 1.54) is 0 Å². The van der Waals surface area contributed by atoms with Crippen LogP contribution in [0.15, 0.2) is 12.2 Å². The summed E-state index contributed by atoms with van der Waals surface area (Å²) in [5, 5.41) is 0.157. The van der Waals surface area contributed by atoms with Gasteiger partial charge in [0.1, 0.15) is 17.6 Å². The van der Waals surface area contributed by atoms with Crippen LogP contribution in [0.4, 0.5) is 0 Å². The maximum atomic E-state index is 11.3. The minimum atomic E-state index is -0.840. The van der Waals surface area contributed by atoms with E-state index < -0.39 is 17.1 Å². The van der Waals surface area contributed by atoms with Gasteiger partial charge in [-0.3, -0.25) is 0 Å². The molecular formula is C11H20O4S. The lowest BCUT2D eigenvalue weighted by atomic mass is 10.4. The van der Waals surface area contributed by atoms with Gasteiger partial charge in [-0.2, -0.15) is 0 Å². The number of hydrogen-bond donors (Lipinski definition) is 0. The second-order valence-corrected chi connectivity index (χ2v) is 5.77. The molecule has 1 atom stereocenters. The lowest BCUT2D eigenvalue weighted by Gasteiger charge is -2.14. The molecule has 0 spiro atoms. The Morgan fingerprint density at radius 3 is 2.50 bits per heavy atom. The van der Waals surface area contributed by atoms with Gasteiger partial charge in [-0.05, 0) is 31.9 Å². The van der Waals surface area contributed by atoms with Crippen LogP contribution in [-0.4, -0.2) is 41.3 Å². The Hall–Kier alpha value is -0.520. The van der Waals surface area contributed by atoms with Crippen molar-refractivity contribution in [3.8, 4) is 0 Å². The van der Waals surface area contributed by atoms with Crippen molar-refractivity contribution in [3.05, 3.63) is 12.2 Å². The molecule has 1 unspecified atom stereocenters. The second kappa shape index (κ2) is 8.61. The Bertz CT molecular complexity index is 228. The molecule has 0 radical (unpaired) electrons. The lowest BCUT2D eigenvalue weighted by Crippen LogP contribution is -2.22. The number of esters is 1. The molecule has 0 aromatic carbocycles. The van der Waals surface area contributed by atoms with Crippen molar-refractivity contribution in [1.82, 2.24) is 0 Å². The van der Waals surface area contributed by atoms with Gasteiger partial charge < -0.3 is 14.0 Å². The first kappa shape index (κ1) is 15.5. The normalized spacial score (nSPS) is 12.6. The van der Waals surface area contributed by atoms with Gasteiger partial charge in [0.15, 0.2) is 0 Å². The van der Waals surface area contributed by atoms with Gasteiger partial charge in [0, 0.05) is 5.57 Å². The zero-order valence-electron chi connectivity index (χ0n) is 10.2. The molecule has 0 bridgehead atoms. The molecule has 0 fully saturated rings. The predicted molar refractivity (Wildman–Crippen MR) is 64.7 cm³/mol. The van der Waals surface area contributed by atoms with E-state index >= 15 is 0 Å². The van der Waals surface area contributed by atoms with Crippen molar-refractivity contribution < 1.29 is 18.8 Å². The molecule has 0 aliphatic heterocycles. The van der Waals surface area contributed by atoms with Crippen molar-refractivity contribution in [2.75, 3.05) is 25.6 Å². The lowest BCUT2D eigenvalue weighted by molar-refractivity contribution is -0.140. The van der Waals surface area contributed by atoms with Crippen molar-refractivity contribution >= 4 is 17.1 Å². The quantitative estimate of drug-likeness (QED) is 0.281. The molecule has 0 aliphatic carbocycles. The average Bonchev–Trinajstić information content (AvgIpc) is 2.21. The number of rotatable bonds is 8. The first-order chi connectivity index (χ1) is 7.45. The van der Waals surface area contributed by atoms with Crippen LogP contribution in [0.2, 0.25) is 0 Å². The fourth-order valence-corrected chi connectivity index (χ4v) is 1.55. The third-order valence-electron chi connectivity index (χ3n) is 1.76. The minimum Gasteiger partial charge on any atom is -0.616 e. The largest absolute Gasteiger partial charge is 0.616 e. The summed E-state index contributed by atoms with van der Waals surface area (Å²) in [6.07, 6.45) is 0. The summed E-state index contributed by atoms with van der Waals surface area (Å²) in [5.74, 6) is 0.112. The van der Waals surface area contributed by atoms with E-state index in [1.54, 1.807) is 6.92 Å². The monoisotopic (exact) mass is 248 g/mol. The highest BCUT2D eigenvalue weighted by molar-refractivity contribution is 7.91. The first-order valence-electron chi connectivity index (χ1n) is 5.22. The van der Waals surface area contributed by atoms with Gasteiger partial charge in [0.2, 0.25) is 0 Å². The van der Waals surface area contributed by atoms with E-state index in [9.17, 15) is 9.35 Å². The molecule has 0 aromatic rings. The molecule has 0 amide bonds. The zero-order chi connectivity index (χ0) is 12.6. The van der Waals surface area contributed by atoms with Crippen molar-refractivity contribution in [1.29, 1.82) is 0 Å². The van der Waals surface area contributed by atoms with E-state index in [1.807, 2.05) is 13.8 Å². The third kappa shape index (κ3) is 7.73. The van der Waals surface area contributed by atoms with Crippen LogP contribution < -0.4 is 0 Å². The summed E-state index contributed by atoms with van der Waals surface area (Å²) in [6.45, 7) is 9.83. The van der Waals surface area contributed by atoms with E-state index in [2.05, 4.69) is 6.58 Å². The summed E-state index contributed by atoms with van der Waals surface area (Å²) < 4.78 is 21.3. The second-order valence-electron chi connectivity index (χ2n) is 3.66. The number of ether oxygens (including phenoxy) is 2. The van der Waals surface area contributed by atoms with Crippen LogP contribution in [0.25, 0.3) is 0 Å². The minimum absolute atomic E-state index is 0.157. The summed E-state index contributed by atoms with van der Waals surface area (Å²) >= 11 is -0.840. The van der Waals surface area contributed by atoms with Gasteiger partial charge in [0.05, 0.1) is 13.2 Å². The maximum absolute atomic E-state index is 11.3. The van der Waals surface area contributed by atoms with E-state index in [4.69, 9.17) is 9.47 Å². The van der Waals surface area contributed by atoms with Crippen LogP contribution >= 0.6 is 0 Å². The summed E-state index contributed by atoms with van der Waals surface area (Å²) in [5.41, 5.74) is 0.376. The highest BCUT2D eigenvalue weighted by Crippen LogP contribution is 2.00. The molecular weight excluding hydrogens is 228 g/mol. The standard InChI is InChI=1S/C11H20O4S/c1-9(2)11(12)15-6-5-14-7-8-16(13)10(3)4/h10H,1,5-8H2,2-4H3. The average molecular weight is 248 g/mol. The maximum Gasteiger partial charge on any atom is 0.333 e. The Labute approximate surface area is 100 Å². The highest BCUT2D eigenvalue weighted by atomic mass is 32.2. The molecule has 0 saturated carbocycles. The van der Waals surface area contributed by atoms with Gasteiger partial charge >= 0.3 is 5.97 Å². The molecule has 0 heterocycles. The summed E-state index contributed by atoms with van der Waals surface area (Å²) in [6, 6.07) is 0. The number of carbonyl (C=O) groups is 1. The molecule has 0 N–H and O–H groups in total. The van der Waals surface area contributed by atoms with Crippen molar-refractivity contribution in [2.24, 2.45) is 0 Å². The molecule has 94 valence electrons. The van der Waals surface area contributed by atoms with Crippen LogP contribution in [0.3, 0.4) is 0 Å². The molecule has 0 rings (SSSR count). The summed E-state index contributed by atoms with van der Waals surface area (Å²) in [4.78, 5) is 10.9. The van der Waals surface area contributed by atoms with E-state index in [0.717, 1.165) is 0 Å². The Kier molecular flexibility index (Phi) is 8.33. The Balaban J connectivity index is 3.34. The fourth-order valence-electron chi connectivity index (χ4n) is 0.795.